The molecule has 1 aliphatic heterocycles. The van der Waals surface area contributed by atoms with Gasteiger partial charge in [-0.2, -0.15) is 11.8 Å². The monoisotopic (exact) mass is 173 g/mol. The molecule has 0 N–H and O–H groups in total. The Kier molecular flexibility index (Phi) is 3.40. The maximum Gasteiger partial charge on any atom is 0.151 e. The van der Waals surface area contributed by atoms with Gasteiger partial charge in [0, 0.05) is 13.0 Å². The molecule has 1 rings (SSSR count). The molecule has 0 saturated carbocycles. The van der Waals surface area contributed by atoms with Crippen molar-refractivity contribution in [2.24, 2.45) is 0 Å². The molecule has 0 aliphatic carbocycles. The van der Waals surface area contributed by atoms with Crippen molar-refractivity contribution in [2.45, 2.75) is 18.9 Å². The van der Waals surface area contributed by atoms with Gasteiger partial charge in [-0.3, -0.25) is 9.69 Å². The van der Waals surface area contributed by atoms with E-state index in [-0.39, 0.29) is 6.04 Å². The van der Waals surface area contributed by atoms with Gasteiger partial charge in [-0.05, 0) is 25.5 Å². The Labute approximate surface area is 72.3 Å². The molecule has 0 aromatic carbocycles. The van der Waals surface area contributed by atoms with E-state index in [1.165, 1.54) is 0 Å². The summed E-state index contributed by atoms with van der Waals surface area (Å²) in [5, 5.41) is 0. The van der Waals surface area contributed by atoms with Crippen LogP contribution in [0, 0.1) is 0 Å². The molecule has 0 amide bonds. The average Bonchev–Trinajstić information content (AvgIpc) is 2.29. The lowest BCUT2D eigenvalue weighted by molar-refractivity contribution is -0.119. The van der Waals surface area contributed by atoms with Crippen molar-refractivity contribution in [1.82, 2.24) is 4.90 Å². The molecule has 11 heavy (non-hydrogen) atoms. The van der Waals surface area contributed by atoms with E-state index in [9.17, 15) is 4.79 Å². The van der Waals surface area contributed by atoms with Crippen LogP contribution < -0.4 is 0 Å². The molecular formula is C8H15NOS. The second-order valence-electron chi connectivity index (χ2n) is 2.99. The van der Waals surface area contributed by atoms with Gasteiger partial charge in [-0.15, -0.1) is 0 Å². The van der Waals surface area contributed by atoms with Crippen molar-refractivity contribution in [3.8, 4) is 0 Å². The standard InChI is InChI=1S/C8H15NOS/c1-9-5-3-8(10)7(9)4-6-11-2/h7H,3-6H2,1-2H3/t7-/m0/s1. The minimum Gasteiger partial charge on any atom is -0.298 e. The molecule has 0 radical (unpaired) electrons. The van der Waals surface area contributed by atoms with Crippen LogP contribution in [0.15, 0.2) is 0 Å². The van der Waals surface area contributed by atoms with Crippen LogP contribution in [0.25, 0.3) is 0 Å². The summed E-state index contributed by atoms with van der Waals surface area (Å²) in [5.41, 5.74) is 0. The topological polar surface area (TPSA) is 20.3 Å². The van der Waals surface area contributed by atoms with E-state index in [1.54, 1.807) is 0 Å². The highest BCUT2D eigenvalue weighted by Crippen LogP contribution is 2.15. The van der Waals surface area contributed by atoms with E-state index < -0.39 is 0 Å². The van der Waals surface area contributed by atoms with E-state index in [0.717, 1.165) is 25.1 Å². The van der Waals surface area contributed by atoms with E-state index in [0.29, 0.717) is 5.78 Å². The number of hydrogen-bond acceptors (Lipinski definition) is 3. The number of carbonyl (C=O) groups is 1. The fourth-order valence-corrected chi connectivity index (χ4v) is 1.92. The summed E-state index contributed by atoms with van der Waals surface area (Å²) in [5.74, 6) is 1.53. The number of rotatable bonds is 3. The molecule has 64 valence electrons. The van der Waals surface area contributed by atoms with Crippen molar-refractivity contribution < 1.29 is 4.79 Å². The molecule has 2 nitrogen and oxygen atoms in total. The van der Waals surface area contributed by atoms with E-state index in [2.05, 4.69) is 11.2 Å². The molecule has 1 heterocycles. The minimum absolute atomic E-state index is 0.224. The molecule has 1 saturated heterocycles. The van der Waals surface area contributed by atoms with Crippen LogP contribution >= 0.6 is 11.8 Å². The van der Waals surface area contributed by atoms with E-state index in [1.807, 2.05) is 18.8 Å². The van der Waals surface area contributed by atoms with Crippen LogP contribution in [0.4, 0.5) is 0 Å². The van der Waals surface area contributed by atoms with Crippen LogP contribution in [0.5, 0.6) is 0 Å². The van der Waals surface area contributed by atoms with Gasteiger partial charge in [-0.1, -0.05) is 0 Å². The zero-order valence-corrected chi connectivity index (χ0v) is 7.99. The Morgan fingerprint density at radius 3 is 2.91 bits per heavy atom. The third-order valence-electron chi connectivity index (χ3n) is 2.21. The predicted molar refractivity (Wildman–Crippen MR) is 49.0 cm³/mol. The van der Waals surface area contributed by atoms with Crippen LogP contribution in [-0.2, 0) is 4.79 Å². The number of thioether (sulfide) groups is 1. The van der Waals surface area contributed by atoms with E-state index in [4.69, 9.17) is 0 Å². The molecule has 0 spiro atoms. The van der Waals surface area contributed by atoms with Gasteiger partial charge >= 0.3 is 0 Å². The van der Waals surface area contributed by atoms with Crippen molar-refractivity contribution in [2.75, 3.05) is 25.6 Å². The Morgan fingerprint density at radius 1 is 1.73 bits per heavy atom. The van der Waals surface area contributed by atoms with Crippen LogP contribution in [0.1, 0.15) is 12.8 Å². The van der Waals surface area contributed by atoms with Gasteiger partial charge in [0.05, 0.1) is 6.04 Å². The summed E-state index contributed by atoms with van der Waals surface area (Å²) >= 11 is 1.81. The number of carbonyl (C=O) groups excluding carboxylic acids is 1. The summed E-state index contributed by atoms with van der Waals surface area (Å²) in [6.45, 7) is 0.956. The first-order valence-electron chi connectivity index (χ1n) is 3.97. The normalized spacial score (nSPS) is 26.4. The quantitative estimate of drug-likeness (QED) is 0.635. The Morgan fingerprint density at radius 2 is 2.45 bits per heavy atom. The average molecular weight is 173 g/mol. The third kappa shape index (κ3) is 2.20. The lowest BCUT2D eigenvalue weighted by Gasteiger charge is -2.16. The highest BCUT2D eigenvalue weighted by molar-refractivity contribution is 7.98. The number of ketones is 1. The molecule has 0 aromatic rings. The highest BCUT2D eigenvalue weighted by atomic mass is 32.2. The van der Waals surface area contributed by atoms with Crippen molar-refractivity contribution in [1.29, 1.82) is 0 Å². The zero-order valence-electron chi connectivity index (χ0n) is 7.17. The second-order valence-corrected chi connectivity index (χ2v) is 3.98. The van der Waals surface area contributed by atoms with Crippen LogP contribution in [-0.4, -0.2) is 42.3 Å². The van der Waals surface area contributed by atoms with Crippen molar-refractivity contribution in [3.05, 3.63) is 0 Å². The molecule has 1 aliphatic rings. The van der Waals surface area contributed by atoms with Gasteiger partial charge in [-0.25, -0.2) is 0 Å². The number of likely N-dealkylation sites (N-methyl/N-ethyl adjacent to an activating group) is 1. The SMILES string of the molecule is CSCC[C@H]1C(=O)CCN1C. The lowest BCUT2D eigenvalue weighted by Crippen LogP contribution is -2.29. The zero-order chi connectivity index (χ0) is 8.27. The Hall–Kier alpha value is -0.0200. The number of hydrogen-bond donors (Lipinski definition) is 0. The molecule has 1 atom stereocenters. The Balaban J connectivity index is 2.35. The van der Waals surface area contributed by atoms with E-state index >= 15 is 0 Å². The summed E-state index contributed by atoms with van der Waals surface area (Å²) in [6.07, 6.45) is 3.87. The molecule has 3 heteroatoms. The first-order chi connectivity index (χ1) is 5.25. The molecule has 0 unspecified atom stereocenters. The fraction of sp³-hybridized carbons (Fsp3) is 0.875. The van der Waals surface area contributed by atoms with Crippen LogP contribution in [0.2, 0.25) is 0 Å². The number of likely N-dealkylation sites (tertiary alicyclic amines) is 1. The first kappa shape index (κ1) is 9.07. The summed E-state index contributed by atoms with van der Waals surface area (Å²) in [4.78, 5) is 13.4. The lowest BCUT2D eigenvalue weighted by atomic mass is 10.1. The maximum atomic E-state index is 11.2. The molecule has 1 fully saturated rings. The highest BCUT2D eigenvalue weighted by Gasteiger charge is 2.28. The smallest absolute Gasteiger partial charge is 0.151 e. The minimum atomic E-state index is 0.224. The third-order valence-corrected chi connectivity index (χ3v) is 2.85. The van der Waals surface area contributed by atoms with Crippen molar-refractivity contribution in [3.63, 3.8) is 0 Å². The number of nitrogens with zero attached hydrogens (tertiary/aromatic N) is 1. The van der Waals surface area contributed by atoms with Gasteiger partial charge in [0.1, 0.15) is 0 Å². The molecule has 0 bridgehead atoms. The summed E-state index contributed by atoms with van der Waals surface area (Å²) in [6, 6.07) is 0.224. The maximum absolute atomic E-state index is 11.2. The molecular weight excluding hydrogens is 158 g/mol. The second kappa shape index (κ2) is 4.12. The largest absolute Gasteiger partial charge is 0.298 e. The Bertz CT molecular complexity index is 149. The van der Waals surface area contributed by atoms with Gasteiger partial charge in [0.2, 0.25) is 0 Å². The summed E-state index contributed by atoms with van der Waals surface area (Å²) in [7, 11) is 2.04. The predicted octanol–water partition coefficient (Wildman–Crippen LogP) is 1.01. The van der Waals surface area contributed by atoms with Gasteiger partial charge in [0.25, 0.3) is 0 Å². The fourth-order valence-electron chi connectivity index (χ4n) is 1.47. The molecule has 0 aromatic heterocycles. The van der Waals surface area contributed by atoms with Crippen molar-refractivity contribution >= 4 is 17.5 Å². The summed E-state index contributed by atoms with van der Waals surface area (Å²) < 4.78 is 0. The van der Waals surface area contributed by atoms with Gasteiger partial charge < -0.3 is 0 Å². The van der Waals surface area contributed by atoms with Crippen LogP contribution in [0.3, 0.4) is 0 Å². The van der Waals surface area contributed by atoms with Gasteiger partial charge in [0.15, 0.2) is 5.78 Å². The number of Topliss-reactive ketones (excluding diaryl/α,β-unsaturated/α-hetero) is 1. The first-order valence-corrected chi connectivity index (χ1v) is 5.37.